The van der Waals surface area contributed by atoms with E-state index in [4.69, 9.17) is 20.3 Å². The van der Waals surface area contributed by atoms with Gasteiger partial charge in [-0.25, -0.2) is 0 Å². The zero-order valence-electron chi connectivity index (χ0n) is 8.15. The second-order valence-corrected chi connectivity index (χ2v) is 3.40. The maximum atomic E-state index is 10.4. The van der Waals surface area contributed by atoms with Gasteiger partial charge >= 0.3 is 5.97 Å². The highest BCUT2D eigenvalue weighted by atomic mass is 16.7. The van der Waals surface area contributed by atoms with Crippen molar-refractivity contribution in [2.75, 3.05) is 13.2 Å². The lowest BCUT2D eigenvalue weighted by atomic mass is 10.1. The Bertz CT molecular complexity index is 180. The molecule has 1 atom stereocenters. The second-order valence-electron chi connectivity index (χ2n) is 3.40. The number of carboxylic acids is 1. The summed E-state index contributed by atoms with van der Waals surface area (Å²) in [4.78, 5) is 10.4. The highest BCUT2D eigenvalue weighted by Gasteiger charge is 2.16. The first-order valence-corrected chi connectivity index (χ1v) is 4.91. The number of ether oxygens (including phenoxy) is 2. The first-order chi connectivity index (χ1) is 6.70. The Hall–Kier alpha value is -0.650. The van der Waals surface area contributed by atoms with Gasteiger partial charge < -0.3 is 20.3 Å². The first-order valence-electron chi connectivity index (χ1n) is 4.91. The number of hydrogen-bond acceptors (Lipinski definition) is 4. The molecule has 1 heterocycles. The summed E-state index contributed by atoms with van der Waals surface area (Å²) in [6, 6.07) is -0.765. The maximum Gasteiger partial charge on any atom is 0.320 e. The molecule has 14 heavy (non-hydrogen) atoms. The summed E-state index contributed by atoms with van der Waals surface area (Å²) in [5.74, 6) is -0.949. The van der Waals surface area contributed by atoms with Crippen LogP contribution < -0.4 is 5.73 Å². The van der Waals surface area contributed by atoms with Crippen molar-refractivity contribution < 1.29 is 19.4 Å². The highest BCUT2D eigenvalue weighted by molar-refractivity contribution is 5.72. The third-order valence-electron chi connectivity index (χ3n) is 2.17. The summed E-state index contributed by atoms with van der Waals surface area (Å²) in [6.45, 7) is 1.46. The van der Waals surface area contributed by atoms with Crippen molar-refractivity contribution >= 4 is 5.97 Å². The third kappa shape index (κ3) is 4.04. The first kappa shape index (κ1) is 11.4. The molecule has 1 rings (SSSR count). The SMILES string of the molecule is NC(CCCC1OCCCO1)C(=O)O. The van der Waals surface area contributed by atoms with Gasteiger partial charge in [-0.3, -0.25) is 4.79 Å². The number of carboxylic acid groups (broad SMARTS) is 1. The van der Waals surface area contributed by atoms with Crippen LogP contribution in [-0.2, 0) is 14.3 Å². The summed E-state index contributed by atoms with van der Waals surface area (Å²) >= 11 is 0. The van der Waals surface area contributed by atoms with E-state index in [2.05, 4.69) is 0 Å². The fraction of sp³-hybridized carbons (Fsp3) is 0.889. The molecule has 5 nitrogen and oxygen atoms in total. The molecule has 5 heteroatoms. The molecule has 0 aromatic heterocycles. The van der Waals surface area contributed by atoms with Crippen LogP contribution in [0.25, 0.3) is 0 Å². The van der Waals surface area contributed by atoms with E-state index in [9.17, 15) is 4.79 Å². The van der Waals surface area contributed by atoms with E-state index in [-0.39, 0.29) is 6.29 Å². The predicted molar refractivity (Wildman–Crippen MR) is 49.8 cm³/mol. The van der Waals surface area contributed by atoms with Crippen molar-refractivity contribution in [1.82, 2.24) is 0 Å². The molecule has 1 unspecified atom stereocenters. The smallest absolute Gasteiger partial charge is 0.320 e. The number of nitrogens with two attached hydrogens (primary N) is 1. The molecule has 0 spiro atoms. The van der Waals surface area contributed by atoms with E-state index in [0.29, 0.717) is 6.42 Å². The maximum absolute atomic E-state index is 10.4. The van der Waals surface area contributed by atoms with Crippen LogP contribution in [0.3, 0.4) is 0 Å². The van der Waals surface area contributed by atoms with E-state index in [1.807, 2.05) is 0 Å². The standard InChI is InChI=1S/C9H17NO4/c10-7(9(11)12)3-1-4-8-13-5-2-6-14-8/h7-8H,1-6,10H2,(H,11,12). The zero-order valence-corrected chi connectivity index (χ0v) is 8.15. The Morgan fingerprint density at radius 2 is 2.14 bits per heavy atom. The average molecular weight is 203 g/mol. The van der Waals surface area contributed by atoms with Crippen molar-refractivity contribution in [3.63, 3.8) is 0 Å². The van der Waals surface area contributed by atoms with Gasteiger partial charge in [-0.2, -0.15) is 0 Å². The Morgan fingerprint density at radius 3 is 2.71 bits per heavy atom. The van der Waals surface area contributed by atoms with Crippen LogP contribution in [0.1, 0.15) is 25.7 Å². The van der Waals surface area contributed by atoms with Gasteiger partial charge in [0.15, 0.2) is 6.29 Å². The summed E-state index contributed by atoms with van der Waals surface area (Å²) in [7, 11) is 0. The topological polar surface area (TPSA) is 81.8 Å². The lowest BCUT2D eigenvalue weighted by Gasteiger charge is -2.23. The summed E-state index contributed by atoms with van der Waals surface area (Å²) in [5.41, 5.74) is 5.35. The van der Waals surface area contributed by atoms with E-state index < -0.39 is 12.0 Å². The minimum Gasteiger partial charge on any atom is -0.480 e. The van der Waals surface area contributed by atoms with Crippen LogP contribution in [0, 0.1) is 0 Å². The quantitative estimate of drug-likeness (QED) is 0.673. The zero-order chi connectivity index (χ0) is 10.4. The predicted octanol–water partition coefficient (Wildman–Crippen LogP) is 0.332. The van der Waals surface area contributed by atoms with Gasteiger partial charge in [-0.1, -0.05) is 0 Å². The van der Waals surface area contributed by atoms with Crippen molar-refractivity contribution in [1.29, 1.82) is 0 Å². The van der Waals surface area contributed by atoms with E-state index in [1.165, 1.54) is 0 Å². The van der Waals surface area contributed by atoms with E-state index in [1.54, 1.807) is 0 Å². The van der Waals surface area contributed by atoms with Gasteiger partial charge in [0.2, 0.25) is 0 Å². The minimum absolute atomic E-state index is 0.162. The number of rotatable bonds is 5. The molecule has 0 saturated carbocycles. The number of aliphatic carboxylic acids is 1. The molecule has 82 valence electrons. The van der Waals surface area contributed by atoms with Gasteiger partial charge in [0.1, 0.15) is 6.04 Å². The molecule has 3 N–H and O–H groups in total. The van der Waals surface area contributed by atoms with Crippen molar-refractivity contribution in [3.8, 4) is 0 Å². The lowest BCUT2D eigenvalue weighted by Crippen LogP contribution is -2.31. The second kappa shape index (κ2) is 5.95. The largest absolute Gasteiger partial charge is 0.480 e. The normalized spacial score (nSPS) is 20.6. The Labute approximate surface area is 83.2 Å². The highest BCUT2D eigenvalue weighted by Crippen LogP contribution is 2.12. The fourth-order valence-electron chi connectivity index (χ4n) is 1.33. The molecule has 0 aliphatic carbocycles. The lowest BCUT2D eigenvalue weighted by molar-refractivity contribution is -0.181. The molecule has 0 bridgehead atoms. The number of carbonyl (C=O) groups is 1. The summed E-state index contributed by atoms with van der Waals surface area (Å²) < 4.78 is 10.6. The van der Waals surface area contributed by atoms with Crippen LogP contribution in [0.2, 0.25) is 0 Å². The van der Waals surface area contributed by atoms with Crippen molar-refractivity contribution in [2.24, 2.45) is 5.73 Å². The van der Waals surface area contributed by atoms with Crippen LogP contribution in [0.5, 0.6) is 0 Å². The Morgan fingerprint density at radius 1 is 1.50 bits per heavy atom. The molecular formula is C9H17NO4. The van der Waals surface area contributed by atoms with Gasteiger partial charge in [-0.15, -0.1) is 0 Å². The Balaban J connectivity index is 2.05. The van der Waals surface area contributed by atoms with Crippen LogP contribution in [-0.4, -0.2) is 36.6 Å². The minimum atomic E-state index is -0.949. The van der Waals surface area contributed by atoms with Gasteiger partial charge in [0, 0.05) is 0 Å². The molecule has 0 aromatic rings. The monoisotopic (exact) mass is 203 g/mol. The molecular weight excluding hydrogens is 186 g/mol. The molecule has 1 fully saturated rings. The third-order valence-corrected chi connectivity index (χ3v) is 2.17. The van der Waals surface area contributed by atoms with Crippen LogP contribution in [0.4, 0.5) is 0 Å². The average Bonchev–Trinajstić information content (AvgIpc) is 2.19. The molecule has 1 aliphatic heterocycles. The van der Waals surface area contributed by atoms with E-state index in [0.717, 1.165) is 32.5 Å². The molecule has 0 aromatic carbocycles. The molecule has 1 saturated heterocycles. The van der Waals surface area contributed by atoms with Crippen LogP contribution in [0.15, 0.2) is 0 Å². The van der Waals surface area contributed by atoms with E-state index >= 15 is 0 Å². The van der Waals surface area contributed by atoms with Gasteiger partial charge in [0.05, 0.1) is 13.2 Å². The van der Waals surface area contributed by atoms with Gasteiger partial charge in [-0.05, 0) is 25.7 Å². The molecule has 0 amide bonds. The van der Waals surface area contributed by atoms with Gasteiger partial charge in [0.25, 0.3) is 0 Å². The summed E-state index contributed by atoms with van der Waals surface area (Å²) in [5, 5.41) is 8.53. The van der Waals surface area contributed by atoms with Crippen molar-refractivity contribution in [3.05, 3.63) is 0 Å². The molecule has 0 radical (unpaired) electrons. The van der Waals surface area contributed by atoms with Crippen molar-refractivity contribution in [2.45, 2.75) is 38.0 Å². The number of hydrogen-bond donors (Lipinski definition) is 2. The fourth-order valence-corrected chi connectivity index (χ4v) is 1.33. The van der Waals surface area contributed by atoms with Crippen LogP contribution >= 0.6 is 0 Å². The molecule has 1 aliphatic rings. The summed E-state index contributed by atoms with van der Waals surface area (Å²) in [6.07, 6.45) is 2.69. The Kier molecular flexibility index (Phi) is 4.86.